The molecule has 3 rings (SSSR count). The molecule has 0 aliphatic rings. The summed E-state index contributed by atoms with van der Waals surface area (Å²) in [5, 5.41) is 11.0. The molecule has 150 valence electrons. The molecule has 3 aromatic carbocycles. The zero-order valence-electron chi connectivity index (χ0n) is 17.0. The monoisotopic (exact) mass is 408 g/mol. The first-order valence-electron chi connectivity index (χ1n) is 9.69. The van der Waals surface area contributed by atoms with Crippen LogP contribution < -0.4 is 4.74 Å². The molecule has 3 nitrogen and oxygen atoms in total. The fourth-order valence-electron chi connectivity index (χ4n) is 3.32. The SMILES string of the molecule is CCc1cccc(-c2cc(Cc3c(C)cc(OCC(C)=O)cc3Cl)ccc2O)c1. The van der Waals surface area contributed by atoms with Crippen molar-refractivity contribution in [1.82, 2.24) is 0 Å². The van der Waals surface area contributed by atoms with Gasteiger partial charge in [0.15, 0.2) is 5.78 Å². The van der Waals surface area contributed by atoms with E-state index in [0.717, 1.165) is 34.2 Å². The van der Waals surface area contributed by atoms with Gasteiger partial charge in [-0.05, 0) is 78.8 Å². The second kappa shape index (κ2) is 9.15. The molecule has 0 spiro atoms. The van der Waals surface area contributed by atoms with Crippen molar-refractivity contribution in [3.8, 4) is 22.6 Å². The minimum absolute atomic E-state index is 0.0350. The molecular formula is C25H25ClO3. The molecule has 0 unspecified atom stereocenters. The third kappa shape index (κ3) is 5.18. The molecule has 0 radical (unpaired) electrons. The van der Waals surface area contributed by atoms with Crippen LogP contribution >= 0.6 is 11.6 Å². The van der Waals surface area contributed by atoms with Crippen molar-refractivity contribution >= 4 is 17.4 Å². The molecule has 0 bridgehead atoms. The van der Waals surface area contributed by atoms with Gasteiger partial charge >= 0.3 is 0 Å². The Bertz CT molecular complexity index is 1020. The molecule has 0 atom stereocenters. The third-order valence-corrected chi connectivity index (χ3v) is 5.26. The number of benzene rings is 3. The number of aromatic hydroxyl groups is 1. The minimum atomic E-state index is -0.0355. The van der Waals surface area contributed by atoms with E-state index in [0.29, 0.717) is 17.2 Å². The first kappa shape index (κ1) is 20.9. The van der Waals surface area contributed by atoms with E-state index in [9.17, 15) is 9.90 Å². The third-order valence-electron chi connectivity index (χ3n) is 4.92. The van der Waals surface area contributed by atoms with Crippen LogP contribution in [0.4, 0.5) is 0 Å². The number of halogens is 1. The summed E-state index contributed by atoms with van der Waals surface area (Å²) in [4.78, 5) is 11.1. The van der Waals surface area contributed by atoms with Gasteiger partial charge in [0.05, 0.1) is 0 Å². The summed E-state index contributed by atoms with van der Waals surface area (Å²) in [6, 6.07) is 17.5. The topological polar surface area (TPSA) is 46.5 Å². The Morgan fingerprint density at radius 3 is 2.55 bits per heavy atom. The van der Waals surface area contributed by atoms with E-state index in [-0.39, 0.29) is 18.1 Å². The predicted octanol–water partition coefficient (Wildman–Crippen LogP) is 6.14. The molecule has 4 heteroatoms. The van der Waals surface area contributed by atoms with Gasteiger partial charge in [-0.15, -0.1) is 0 Å². The van der Waals surface area contributed by atoms with Gasteiger partial charge in [0.25, 0.3) is 0 Å². The van der Waals surface area contributed by atoms with E-state index in [1.807, 2.05) is 37.3 Å². The van der Waals surface area contributed by atoms with Crippen molar-refractivity contribution in [2.45, 2.75) is 33.6 Å². The standard InChI is InChI=1S/C25H25ClO3/c1-4-18-6-5-7-20(11-18)23-13-19(8-9-25(23)28)12-22-16(2)10-21(14-24(22)26)29-15-17(3)27/h5-11,13-14,28H,4,12,15H2,1-3H3. The Morgan fingerprint density at radius 1 is 1.07 bits per heavy atom. The molecule has 0 heterocycles. The Balaban J connectivity index is 1.90. The average Bonchev–Trinajstić information content (AvgIpc) is 2.70. The number of phenols is 1. The van der Waals surface area contributed by atoms with Crippen molar-refractivity contribution in [2.75, 3.05) is 6.61 Å². The molecule has 0 aliphatic carbocycles. The largest absolute Gasteiger partial charge is 0.507 e. The highest BCUT2D eigenvalue weighted by Crippen LogP contribution is 2.33. The van der Waals surface area contributed by atoms with Crippen LogP contribution in [-0.2, 0) is 17.6 Å². The lowest BCUT2D eigenvalue weighted by molar-refractivity contribution is -0.118. The maximum Gasteiger partial charge on any atom is 0.167 e. The molecule has 1 N–H and O–H groups in total. The van der Waals surface area contributed by atoms with E-state index in [2.05, 4.69) is 19.1 Å². The number of carbonyl (C=O) groups excluding carboxylic acids is 1. The lowest BCUT2D eigenvalue weighted by Crippen LogP contribution is -2.07. The van der Waals surface area contributed by atoms with E-state index < -0.39 is 0 Å². The van der Waals surface area contributed by atoms with E-state index >= 15 is 0 Å². The zero-order valence-corrected chi connectivity index (χ0v) is 17.7. The lowest BCUT2D eigenvalue weighted by Gasteiger charge is -2.14. The first-order valence-corrected chi connectivity index (χ1v) is 10.1. The number of ketones is 1. The fourth-order valence-corrected chi connectivity index (χ4v) is 3.65. The van der Waals surface area contributed by atoms with E-state index in [4.69, 9.17) is 16.3 Å². The van der Waals surface area contributed by atoms with Crippen LogP contribution in [0.2, 0.25) is 5.02 Å². The maximum atomic E-state index is 11.1. The second-order valence-corrected chi connectivity index (χ2v) is 7.68. The van der Waals surface area contributed by atoms with Gasteiger partial charge in [0.2, 0.25) is 0 Å². The summed E-state index contributed by atoms with van der Waals surface area (Å²) in [6.07, 6.45) is 1.58. The molecule has 0 saturated heterocycles. The molecule has 0 amide bonds. The smallest absolute Gasteiger partial charge is 0.167 e. The number of hydrogen-bond acceptors (Lipinski definition) is 3. The van der Waals surface area contributed by atoms with E-state index in [1.54, 1.807) is 12.1 Å². The summed E-state index contributed by atoms with van der Waals surface area (Å²) >= 11 is 6.51. The predicted molar refractivity (Wildman–Crippen MR) is 118 cm³/mol. The molecule has 0 fully saturated rings. The van der Waals surface area contributed by atoms with Crippen LogP contribution in [0.25, 0.3) is 11.1 Å². The normalized spacial score (nSPS) is 10.8. The Morgan fingerprint density at radius 2 is 1.86 bits per heavy atom. The van der Waals surface area contributed by atoms with Gasteiger partial charge in [-0.1, -0.05) is 48.9 Å². The summed E-state index contributed by atoms with van der Waals surface area (Å²) in [7, 11) is 0. The van der Waals surface area contributed by atoms with Gasteiger partial charge in [-0.25, -0.2) is 0 Å². The summed E-state index contributed by atoms with van der Waals surface area (Å²) < 4.78 is 5.48. The summed E-state index contributed by atoms with van der Waals surface area (Å²) in [5.41, 5.74) is 6.10. The highest BCUT2D eigenvalue weighted by molar-refractivity contribution is 6.31. The number of rotatable bonds is 7. The van der Waals surface area contributed by atoms with Gasteiger partial charge in [0, 0.05) is 10.6 Å². The van der Waals surface area contributed by atoms with Crippen LogP contribution in [-0.4, -0.2) is 17.5 Å². The number of phenolic OH excluding ortho intramolecular Hbond substituents is 1. The van der Waals surface area contributed by atoms with Crippen LogP contribution in [0.1, 0.15) is 36.1 Å². The maximum absolute atomic E-state index is 11.1. The van der Waals surface area contributed by atoms with Gasteiger partial charge in [0.1, 0.15) is 18.1 Å². The van der Waals surface area contributed by atoms with Crippen LogP contribution in [0.15, 0.2) is 54.6 Å². The first-order chi connectivity index (χ1) is 13.9. The highest BCUT2D eigenvalue weighted by Gasteiger charge is 2.12. The quantitative estimate of drug-likeness (QED) is 0.510. The number of ether oxygens (including phenoxy) is 1. The number of carbonyl (C=O) groups is 1. The summed E-state index contributed by atoms with van der Waals surface area (Å²) in [6.45, 7) is 5.62. The van der Waals surface area contributed by atoms with Crippen molar-refractivity contribution in [3.05, 3.63) is 81.9 Å². The molecular weight excluding hydrogens is 384 g/mol. The highest BCUT2D eigenvalue weighted by atomic mass is 35.5. The average molecular weight is 409 g/mol. The van der Waals surface area contributed by atoms with E-state index in [1.165, 1.54) is 12.5 Å². The minimum Gasteiger partial charge on any atom is -0.507 e. The fraction of sp³-hybridized carbons (Fsp3) is 0.240. The Labute approximate surface area is 176 Å². The molecule has 0 aliphatic heterocycles. The number of aryl methyl sites for hydroxylation is 2. The van der Waals surface area contributed by atoms with Gasteiger partial charge < -0.3 is 9.84 Å². The summed E-state index contributed by atoms with van der Waals surface area (Å²) in [5.74, 6) is 0.818. The van der Waals surface area contributed by atoms with Crippen LogP contribution in [0.3, 0.4) is 0 Å². The van der Waals surface area contributed by atoms with Crippen LogP contribution in [0, 0.1) is 6.92 Å². The lowest BCUT2D eigenvalue weighted by atomic mass is 9.95. The Kier molecular flexibility index (Phi) is 6.60. The van der Waals surface area contributed by atoms with Crippen molar-refractivity contribution in [2.24, 2.45) is 0 Å². The van der Waals surface area contributed by atoms with Crippen molar-refractivity contribution in [1.29, 1.82) is 0 Å². The molecule has 0 aromatic heterocycles. The van der Waals surface area contributed by atoms with Gasteiger partial charge in [-0.2, -0.15) is 0 Å². The molecule has 0 saturated carbocycles. The second-order valence-electron chi connectivity index (χ2n) is 7.27. The molecule has 3 aromatic rings. The van der Waals surface area contributed by atoms with Crippen molar-refractivity contribution in [3.63, 3.8) is 0 Å². The van der Waals surface area contributed by atoms with Gasteiger partial charge in [-0.3, -0.25) is 4.79 Å². The van der Waals surface area contributed by atoms with Crippen LogP contribution in [0.5, 0.6) is 11.5 Å². The number of Topliss-reactive ketones (excluding diaryl/α,β-unsaturated/α-hetero) is 1. The molecule has 29 heavy (non-hydrogen) atoms. The number of hydrogen-bond donors (Lipinski definition) is 1. The Hall–Kier alpha value is -2.78. The van der Waals surface area contributed by atoms with Crippen molar-refractivity contribution < 1.29 is 14.6 Å². The zero-order chi connectivity index (χ0) is 21.0.